The molecule has 5 heteroatoms. The van der Waals surface area contributed by atoms with E-state index in [-0.39, 0.29) is 12.5 Å². The molecule has 0 aliphatic rings. The number of pyridine rings is 1. The van der Waals surface area contributed by atoms with E-state index >= 15 is 0 Å². The third-order valence-corrected chi connectivity index (χ3v) is 2.51. The minimum Gasteiger partial charge on any atom is -0.396 e. The number of carbonyl (C=O) groups excluding carboxylic acids is 1. The number of aliphatic hydroxyl groups excluding tert-OH is 1. The zero-order chi connectivity index (χ0) is 11.1. The minimum atomic E-state index is -0.145. The number of nitrogens with zero attached hydrogens (tertiary/aromatic N) is 1. The summed E-state index contributed by atoms with van der Waals surface area (Å²) in [4.78, 5) is 15.5. The van der Waals surface area contributed by atoms with Crippen LogP contribution in [0.5, 0.6) is 0 Å². The summed E-state index contributed by atoms with van der Waals surface area (Å²) in [5.41, 5.74) is 0.529. The molecule has 1 aromatic heterocycles. The smallest absolute Gasteiger partial charge is 0.254 e. The van der Waals surface area contributed by atoms with Crippen molar-refractivity contribution in [3.8, 4) is 0 Å². The number of aliphatic hydroxyl groups is 1. The first-order valence-corrected chi connectivity index (χ1v) is 5.54. The summed E-state index contributed by atoms with van der Waals surface area (Å²) in [7, 11) is 0. The Morgan fingerprint density at radius 1 is 1.53 bits per heavy atom. The van der Waals surface area contributed by atoms with Crippen LogP contribution in [0.3, 0.4) is 0 Å². The number of carbonyl (C=O) groups is 1. The SMILES string of the molecule is O=C(NCCCCO)c1cccnc1Br. The van der Waals surface area contributed by atoms with Gasteiger partial charge < -0.3 is 10.4 Å². The van der Waals surface area contributed by atoms with E-state index in [2.05, 4.69) is 26.2 Å². The second kappa shape index (κ2) is 6.53. The lowest BCUT2D eigenvalue weighted by Crippen LogP contribution is -2.25. The van der Waals surface area contributed by atoms with Gasteiger partial charge in [0.2, 0.25) is 0 Å². The molecule has 0 atom stereocenters. The molecule has 0 fully saturated rings. The first-order chi connectivity index (χ1) is 7.25. The number of unbranched alkanes of at least 4 members (excludes halogenated alkanes) is 1. The Morgan fingerprint density at radius 2 is 2.33 bits per heavy atom. The molecule has 1 amide bonds. The molecule has 0 saturated heterocycles. The monoisotopic (exact) mass is 272 g/mol. The van der Waals surface area contributed by atoms with Gasteiger partial charge in [-0.2, -0.15) is 0 Å². The molecule has 0 saturated carbocycles. The van der Waals surface area contributed by atoms with Crippen molar-refractivity contribution in [3.63, 3.8) is 0 Å². The Kier molecular flexibility index (Phi) is 5.28. The average molecular weight is 273 g/mol. The van der Waals surface area contributed by atoms with E-state index in [1.54, 1.807) is 18.3 Å². The van der Waals surface area contributed by atoms with Crippen LogP contribution >= 0.6 is 15.9 Å². The van der Waals surface area contributed by atoms with Gasteiger partial charge in [-0.25, -0.2) is 4.98 Å². The highest BCUT2D eigenvalue weighted by Crippen LogP contribution is 2.11. The Morgan fingerprint density at radius 3 is 3.00 bits per heavy atom. The van der Waals surface area contributed by atoms with Crippen molar-refractivity contribution in [1.82, 2.24) is 10.3 Å². The second-order valence-corrected chi connectivity index (χ2v) is 3.78. The fourth-order valence-electron chi connectivity index (χ4n) is 1.09. The predicted octanol–water partition coefficient (Wildman–Crippen LogP) is 1.35. The van der Waals surface area contributed by atoms with Crippen molar-refractivity contribution in [2.45, 2.75) is 12.8 Å². The van der Waals surface area contributed by atoms with Gasteiger partial charge in [0.25, 0.3) is 5.91 Å². The summed E-state index contributed by atoms with van der Waals surface area (Å²) >= 11 is 3.21. The van der Waals surface area contributed by atoms with Crippen LogP contribution in [0.1, 0.15) is 23.2 Å². The molecule has 0 unspecified atom stereocenters. The number of hydrogen-bond acceptors (Lipinski definition) is 3. The molecular weight excluding hydrogens is 260 g/mol. The van der Waals surface area contributed by atoms with Gasteiger partial charge in [-0.15, -0.1) is 0 Å². The highest BCUT2D eigenvalue weighted by atomic mass is 79.9. The molecule has 1 rings (SSSR count). The van der Waals surface area contributed by atoms with Crippen LogP contribution < -0.4 is 5.32 Å². The lowest BCUT2D eigenvalue weighted by Gasteiger charge is -2.05. The van der Waals surface area contributed by atoms with Gasteiger partial charge in [-0.3, -0.25) is 4.79 Å². The topological polar surface area (TPSA) is 62.2 Å². The molecule has 1 aromatic rings. The Labute approximate surface area is 96.8 Å². The van der Waals surface area contributed by atoms with Crippen molar-refractivity contribution in [2.24, 2.45) is 0 Å². The van der Waals surface area contributed by atoms with E-state index in [0.717, 1.165) is 6.42 Å². The number of nitrogens with one attached hydrogen (secondary N) is 1. The molecule has 0 aromatic carbocycles. The van der Waals surface area contributed by atoms with Crippen molar-refractivity contribution in [2.75, 3.05) is 13.2 Å². The summed E-state index contributed by atoms with van der Waals surface area (Å²) in [5.74, 6) is -0.145. The lowest BCUT2D eigenvalue weighted by atomic mass is 10.2. The molecule has 0 aliphatic heterocycles. The van der Waals surface area contributed by atoms with Gasteiger partial charge in [-0.05, 0) is 40.9 Å². The first-order valence-electron chi connectivity index (χ1n) is 4.75. The Bertz CT molecular complexity index is 331. The molecule has 1 heterocycles. The van der Waals surface area contributed by atoms with Crippen LogP contribution in [0.15, 0.2) is 22.9 Å². The van der Waals surface area contributed by atoms with E-state index in [1.807, 2.05) is 0 Å². The van der Waals surface area contributed by atoms with Gasteiger partial charge in [0.1, 0.15) is 4.60 Å². The summed E-state index contributed by atoms with van der Waals surface area (Å²) in [6.45, 7) is 0.729. The van der Waals surface area contributed by atoms with Crippen LogP contribution in [0.25, 0.3) is 0 Å². The zero-order valence-corrected chi connectivity index (χ0v) is 9.83. The molecule has 0 bridgehead atoms. The largest absolute Gasteiger partial charge is 0.396 e. The van der Waals surface area contributed by atoms with Crippen molar-refractivity contribution in [3.05, 3.63) is 28.5 Å². The number of aromatic nitrogens is 1. The number of amides is 1. The predicted molar refractivity (Wildman–Crippen MR) is 60.6 cm³/mol. The van der Waals surface area contributed by atoms with Gasteiger partial charge in [0, 0.05) is 19.3 Å². The quantitative estimate of drug-likeness (QED) is 0.628. The fourth-order valence-corrected chi connectivity index (χ4v) is 1.52. The van der Waals surface area contributed by atoms with Crippen molar-refractivity contribution < 1.29 is 9.90 Å². The molecular formula is C10H13BrN2O2. The Balaban J connectivity index is 2.44. The summed E-state index contributed by atoms with van der Waals surface area (Å²) in [6.07, 6.45) is 3.10. The second-order valence-electron chi connectivity index (χ2n) is 3.03. The third kappa shape index (κ3) is 3.97. The maximum absolute atomic E-state index is 11.6. The molecule has 0 aliphatic carbocycles. The zero-order valence-electron chi connectivity index (χ0n) is 8.24. The molecule has 0 spiro atoms. The number of hydrogen-bond donors (Lipinski definition) is 2. The van der Waals surface area contributed by atoms with Crippen LogP contribution in [0.2, 0.25) is 0 Å². The van der Waals surface area contributed by atoms with Crippen LogP contribution in [0.4, 0.5) is 0 Å². The first kappa shape index (κ1) is 12.1. The summed E-state index contributed by atoms with van der Waals surface area (Å²) < 4.78 is 0.546. The number of rotatable bonds is 5. The molecule has 2 N–H and O–H groups in total. The molecule has 4 nitrogen and oxygen atoms in total. The third-order valence-electron chi connectivity index (χ3n) is 1.87. The Hall–Kier alpha value is -0.940. The van der Waals surface area contributed by atoms with E-state index in [1.165, 1.54) is 0 Å². The van der Waals surface area contributed by atoms with E-state index < -0.39 is 0 Å². The highest BCUT2D eigenvalue weighted by Gasteiger charge is 2.08. The summed E-state index contributed by atoms with van der Waals surface area (Å²) in [6, 6.07) is 3.42. The van der Waals surface area contributed by atoms with E-state index in [4.69, 9.17) is 5.11 Å². The van der Waals surface area contributed by atoms with Gasteiger partial charge in [0.05, 0.1) is 5.56 Å². The molecule has 0 radical (unpaired) electrons. The van der Waals surface area contributed by atoms with Crippen LogP contribution in [0, 0.1) is 0 Å². The normalized spacial score (nSPS) is 10.0. The summed E-state index contributed by atoms with van der Waals surface area (Å²) in [5, 5.41) is 11.3. The maximum Gasteiger partial charge on any atom is 0.254 e. The van der Waals surface area contributed by atoms with Gasteiger partial charge in [-0.1, -0.05) is 0 Å². The number of halogens is 1. The highest BCUT2D eigenvalue weighted by molar-refractivity contribution is 9.10. The van der Waals surface area contributed by atoms with Gasteiger partial charge >= 0.3 is 0 Å². The standard InChI is InChI=1S/C10H13BrN2O2/c11-9-8(4-3-6-12-9)10(15)13-5-1-2-7-14/h3-4,6,14H,1-2,5,7H2,(H,13,15). The van der Waals surface area contributed by atoms with Crippen LogP contribution in [-0.2, 0) is 0 Å². The maximum atomic E-state index is 11.6. The van der Waals surface area contributed by atoms with Crippen molar-refractivity contribution >= 4 is 21.8 Å². The van der Waals surface area contributed by atoms with Crippen LogP contribution in [-0.4, -0.2) is 29.1 Å². The lowest BCUT2D eigenvalue weighted by molar-refractivity contribution is 0.0951. The minimum absolute atomic E-state index is 0.145. The average Bonchev–Trinajstić information content (AvgIpc) is 2.25. The van der Waals surface area contributed by atoms with Gasteiger partial charge in [0.15, 0.2) is 0 Å². The molecule has 15 heavy (non-hydrogen) atoms. The fraction of sp³-hybridized carbons (Fsp3) is 0.400. The van der Waals surface area contributed by atoms with E-state index in [9.17, 15) is 4.79 Å². The van der Waals surface area contributed by atoms with Crippen molar-refractivity contribution in [1.29, 1.82) is 0 Å². The molecule has 82 valence electrons. The van der Waals surface area contributed by atoms with E-state index in [0.29, 0.717) is 23.1 Å².